The standard InChI is InChI=1S/C11H21FO.C11H22O.C10H18F2O/c1-10(2,3)13-9-5-7-11(4,12)8-6-9;1-9-5-7-11(12,8-6-9)10(2,3)4;1-8(2,3)9(13)4-6-10(11,12)7-5-9/h9H,5-8H2,1-4H3;9,12H,5-8H2,1-4H3;13H,4-7H2,1-3H3. The minimum Gasteiger partial charge on any atom is -0.389 e. The number of alkyl halides is 3. The quantitative estimate of drug-likeness (QED) is 0.342. The normalized spacial score (nSPS) is 33.8. The Hall–Kier alpha value is -0.330. The highest BCUT2D eigenvalue weighted by Crippen LogP contribution is 2.46. The summed E-state index contributed by atoms with van der Waals surface area (Å²) in [6, 6.07) is 0. The molecule has 3 aliphatic rings. The monoisotopic (exact) mass is 550 g/mol. The highest BCUT2D eigenvalue weighted by molar-refractivity contribution is 4.96. The highest BCUT2D eigenvalue weighted by atomic mass is 19.3. The summed E-state index contributed by atoms with van der Waals surface area (Å²) in [4.78, 5) is 0. The molecule has 0 atom stereocenters. The molecule has 0 saturated heterocycles. The van der Waals surface area contributed by atoms with Crippen molar-refractivity contribution in [2.45, 2.75) is 188 Å². The van der Waals surface area contributed by atoms with Gasteiger partial charge in [0.05, 0.1) is 22.9 Å². The van der Waals surface area contributed by atoms with Crippen molar-refractivity contribution in [1.82, 2.24) is 0 Å². The number of ether oxygens (including phenoxy) is 1. The van der Waals surface area contributed by atoms with E-state index in [1.807, 2.05) is 20.8 Å². The van der Waals surface area contributed by atoms with Gasteiger partial charge < -0.3 is 14.9 Å². The fourth-order valence-electron chi connectivity index (χ4n) is 5.58. The maximum atomic E-state index is 13.4. The predicted molar refractivity (Wildman–Crippen MR) is 152 cm³/mol. The van der Waals surface area contributed by atoms with Crippen LogP contribution in [0.5, 0.6) is 0 Å². The van der Waals surface area contributed by atoms with Gasteiger partial charge in [0.1, 0.15) is 5.67 Å². The Morgan fingerprint density at radius 3 is 1.32 bits per heavy atom. The summed E-state index contributed by atoms with van der Waals surface area (Å²) in [6.45, 7) is 22.3. The zero-order valence-corrected chi connectivity index (χ0v) is 26.6. The lowest BCUT2D eigenvalue weighted by molar-refractivity contribution is -0.145. The fourth-order valence-corrected chi connectivity index (χ4v) is 5.58. The maximum Gasteiger partial charge on any atom is 0.248 e. The van der Waals surface area contributed by atoms with Gasteiger partial charge in [-0.3, -0.25) is 0 Å². The van der Waals surface area contributed by atoms with E-state index in [0.717, 1.165) is 31.6 Å². The van der Waals surface area contributed by atoms with E-state index in [1.165, 1.54) is 12.8 Å². The Morgan fingerprint density at radius 2 is 0.974 bits per heavy atom. The molecule has 6 heteroatoms. The first-order chi connectivity index (χ1) is 16.8. The zero-order chi connectivity index (χ0) is 29.8. The lowest BCUT2D eigenvalue weighted by Crippen LogP contribution is -2.47. The van der Waals surface area contributed by atoms with Gasteiger partial charge in [-0.1, -0.05) is 48.5 Å². The van der Waals surface area contributed by atoms with Gasteiger partial charge in [-0.05, 0) is 109 Å². The molecule has 3 rings (SSSR count). The largest absolute Gasteiger partial charge is 0.389 e. The molecule has 3 nitrogen and oxygen atoms in total. The van der Waals surface area contributed by atoms with E-state index < -0.39 is 22.8 Å². The summed E-state index contributed by atoms with van der Waals surface area (Å²) in [5, 5.41) is 20.4. The van der Waals surface area contributed by atoms with Crippen molar-refractivity contribution in [3.05, 3.63) is 0 Å². The van der Waals surface area contributed by atoms with Crippen molar-refractivity contribution in [3.63, 3.8) is 0 Å². The second kappa shape index (κ2) is 12.7. The van der Waals surface area contributed by atoms with Crippen LogP contribution in [0.2, 0.25) is 0 Å². The third-order valence-corrected chi connectivity index (χ3v) is 9.20. The van der Waals surface area contributed by atoms with Gasteiger partial charge in [-0.15, -0.1) is 0 Å². The van der Waals surface area contributed by atoms with E-state index >= 15 is 0 Å². The Kier molecular flexibility index (Phi) is 11.9. The SMILES string of the molecule is CC(C)(C)C1(O)CCC(F)(F)CC1.CC1(F)CCC(OC(C)(C)C)CC1.CC1CCC(O)(C(C)(C)C)CC1. The second-order valence-electron chi connectivity index (χ2n) is 15.9. The molecular weight excluding hydrogens is 489 g/mol. The first kappa shape index (κ1) is 35.7. The molecule has 38 heavy (non-hydrogen) atoms. The molecule has 0 amide bonds. The van der Waals surface area contributed by atoms with Crippen molar-refractivity contribution in [2.24, 2.45) is 16.7 Å². The van der Waals surface area contributed by atoms with Crippen LogP contribution in [0, 0.1) is 16.7 Å². The molecular formula is C32H61F3O3. The van der Waals surface area contributed by atoms with Crippen LogP contribution >= 0.6 is 0 Å². The van der Waals surface area contributed by atoms with E-state index in [9.17, 15) is 23.4 Å². The van der Waals surface area contributed by atoms with Crippen LogP contribution in [-0.4, -0.2) is 44.7 Å². The van der Waals surface area contributed by atoms with E-state index in [1.54, 1.807) is 6.92 Å². The van der Waals surface area contributed by atoms with Crippen LogP contribution in [0.15, 0.2) is 0 Å². The van der Waals surface area contributed by atoms with Crippen molar-refractivity contribution in [3.8, 4) is 0 Å². The van der Waals surface area contributed by atoms with E-state index in [4.69, 9.17) is 4.74 Å². The Labute approximate surface area is 232 Å². The van der Waals surface area contributed by atoms with E-state index in [-0.39, 0.29) is 48.2 Å². The van der Waals surface area contributed by atoms with Crippen molar-refractivity contribution >= 4 is 0 Å². The molecule has 0 spiro atoms. The van der Waals surface area contributed by atoms with Gasteiger partial charge in [0.25, 0.3) is 0 Å². The Bertz CT molecular complexity index is 685. The molecule has 3 saturated carbocycles. The average molecular weight is 551 g/mol. The summed E-state index contributed by atoms with van der Waals surface area (Å²) < 4.78 is 44.9. The van der Waals surface area contributed by atoms with Gasteiger partial charge in [-0.2, -0.15) is 0 Å². The summed E-state index contributed by atoms with van der Waals surface area (Å²) in [7, 11) is 0. The molecule has 0 aromatic rings. The number of hydrogen-bond donors (Lipinski definition) is 2. The maximum absolute atomic E-state index is 13.4. The molecule has 0 unspecified atom stereocenters. The average Bonchev–Trinajstić information content (AvgIpc) is 2.73. The summed E-state index contributed by atoms with van der Waals surface area (Å²) in [5.41, 5.74) is -2.60. The number of aliphatic hydroxyl groups is 2. The third-order valence-electron chi connectivity index (χ3n) is 9.20. The molecule has 0 radical (unpaired) electrons. The first-order valence-electron chi connectivity index (χ1n) is 15.0. The third kappa shape index (κ3) is 11.6. The van der Waals surface area contributed by atoms with Gasteiger partial charge in [0, 0.05) is 12.8 Å². The Balaban J connectivity index is 0.000000285. The van der Waals surface area contributed by atoms with E-state index in [0.29, 0.717) is 12.8 Å². The molecule has 2 N–H and O–H groups in total. The molecule has 228 valence electrons. The van der Waals surface area contributed by atoms with E-state index in [2.05, 4.69) is 48.5 Å². The smallest absolute Gasteiger partial charge is 0.248 e. The lowest BCUT2D eigenvalue weighted by atomic mass is 9.66. The van der Waals surface area contributed by atoms with Crippen LogP contribution in [0.1, 0.15) is 153 Å². The van der Waals surface area contributed by atoms with Crippen LogP contribution in [-0.2, 0) is 4.74 Å². The van der Waals surface area contributed by atoms with Crippen LogP contribution in [0.4, 0.5) is 13.2 Å². The molecule has 0 bridgehead atoms. The number of halogens is 3. The summed E-state index contributed by atoms with van der Waals surface area (Å²) >= 11 is 0. The highest BCUT2D eigenvalue weighted by Gasteiger charge is 2.48. The van der Waals surface area contributed by atoms with Crippen LogP contribution < -0.4 is 0 Å². The van der Waals surface area contributed by atoms with Crippen LogP contribution in [0.25, 0.3) is 0 Å². The Morgan fingerprint density at radius 1 is 0.605 bits per heavy atom. The number of hydrogen-bond acceptors (Lipinski definition) is 3. The molecule has 0 aromatic heterocycles. The second-order valence-corrected chi connectivity index (χ2v) is 15.9. The van der Waals surface area contributed by atoms with Crippen LogP contribution in [0.3, 0.4) is 0 Å². The van der Waals surface area contributed by atoms with Gasteiger partial charge in [0.15, 0.2) is 0 Å². The minimum absolute atomic E-state index is 0.0488. The zero-order valence-electron chi connectivity index (χ0n) is 26.6. The molecule has 0 heterocycles. The summed E-state index contributed by atoms with van der Waals surface area (Å²) in [5.74, 6) is -1.75. The lowest BCUT2D eigenvalue weighted by Gasteiger charge is -2.45. The van der Waals surface area contributed by atoms with Gasteiger partial charge in [-0.25, -0.2) is 13.2 Å². The molecule has 0 aromatic carbocycles. The summed E-state index contributed by atoms with van der Waals surface area (Å²) in [6.07, 6.45) is 7.70. The molecule has 3 aliphatic carbocycles. The fraction of sp³-hybridized carbons (Fsp3) is 1.00. The number of rotatable bonds is 1. The van der Waals surface area contributed by atoms with Crippen molar-refractivity contribution in [1.29, 1.82) is 0 Å². The molecule has 3 fully saturated rings. The van der Waals surface area contributed by atoms with Crippen molar-refractivity contribution in [2.75, 3.05) is 0 Å². The van der Waals surface area contributed by atoms with Gasteiger partial charge >= 0.3 is 0 Å². The van der Waals surface area contributed by atoms with Gasteiger partial charge in [0.2, 0.25) is 5.92 Å². The predicted octanol–water partition coefficient (Wildman–Crippen LogP) is 9.42. The minimum atomic E-state index is -2.56. The topological polar surface area (TPSA) is 49.7 Å². The van der Waals surface area contributed by atoms with Crippen molar-refractivity contribution < 1.29 is 28.1 Å². The first-order valence-corrected chi connectivity index (χ1v) is 15.0. The molecule has 0 aliphatic heterocycles.